The molecule has 6 aromatic rings. The Morgan fingerprint density at radius 2 is 1.71 bits per heavy atom. The van der Waals surface area contributed by atoms with E-state index in [-0.39, 0.29) is 14.9 Å². The topological polar surface area (TPSA) is 153 Å². The molecule has 5 N–H and O–H groups in total. The molecule has 0 fully saturated rings. The average Bonchev–Trinajstić information content (AvgIpc) is 3.40. The molecule has 3 aromatic carbocycles. The lowest BCUT2D eigenvalue weighted by Crippen LogP contribution is -2.21. The van der Waals surface area contributed by atoms with Gasteiger partial charge in [0.15, 0.2) is 22.7 Å². The Balaban J connectivity index is 1.31. The summed E-state index contributed by atoms with van der Waals surface area (Å²) in [4.78, 5) is 36.1. The van der Waals surface area contributed by atoms with E-state index < -0.39 is 11.6 Å². The predicted octanol–water partition coefficient (Wildman–Crippen LogP) is 6.35. The van der Waals surface area contributed by atoms with Crippen molar-refractivity contribution in [3.63, 3.8) is 0 Å². The zero-order valence-electron chi connectivity index (χ0n) is 22.6. The molecule has 12 heteroatoms. The van der Waals surface area contributed by atoms with Crippen LogP contribution in [0.5, 0.6) is 11.5 Å². The number of nitrogens with zero attached hydrogens (tertiary/aromatic N) is 4. The van der Waals surface area contributed by atoms with E-state index in [1.165, 1.54) is 6.20 Å². The number of nitrogens with two attached hydrogens (primary N) is 1. The first kappa shape index (κ1) is 27.2. The third-order valence-corrected chi connectivity index (χ3v) is 7.05. The van der Waals surface area contributed by atoms with Crippen molar-refractivity contribution in [3.8, 4) is 17.2 Å². The summed E-state index contributed by atoms with van der Waals surface area (Å²) in [6.07, 6.45) is 1.51. The van der Waals surface area contributed by atoms with E-state index in [0.29, 0.717) is 28.5 Å². The number of nitrogens with one attached hydrogen (secondary N) is 3. The normalized spacial score (nSPS) is 11.5. The number of hydrogen-bond acceptors (Lipinski definition) is 7. The van der Waals surface area contributed by atoms with Crippen LogP contribution < -0.4 is 26.7 Å². The first-order chi connectivity index (χ1) is 20.2. The molecular formula is C30H25IN8O3. The lowest BCUT2D eigenvalue weighted by Gasteiger charge is -2.15. The number of hydrogen-bond donors (Lipinski definition) is 4. The number of amides is 2. The third-order valence-electron chi connectivity index (χ3n) is 6.50. The maximum absolute atomic E-state index is 13.3. The first-order valence-electron chi connectivity index (χ1n) is 12.9. The summed E-state index contributed by atoms with van der Waals surface area (Å²) in [5, 5.41) is 12.2. The highest BCUT2D eigenvalue weighted by Gasteiger charge is 2.23. The van der Waals surface area contributed by atoms with Gasteiger partial charge in [0.2, 0.25) is 0 Å². The van der Waals surface area contributed by atoms with Crippen LogP contribution in [0.15, 0.2) is 89.9 Å². The number of anilines is 3. The Kier molecular flexibility index (Phi) is 6.98. The van der Waals surface area contributed by atoms with Gasteiger partial charge in [-0.1, -0.05) is 65.1 Å². The third kappa shape index (κ3) is 5.35. The molecule has 0 saturated heterocycles. The van der Waals surface area contributed by atoms with Crippen molar-refractivity contribution in [2.24, 2.45) is 0 Å². The lowest BCUT2D eigenvalue weighted by molar-refractivity contribution is 0.262. The molecule has 0 bridgehead atoms. The molecular weight excluding hydrogens is 647 g/mol. The van der Waals surface area contributed by atoms with Gasteiger partial charge in [0, 0.05) is 29.1 Å². The number of benzene rings is 3. The standard InChI is InChI=1S/C30H25IN8O3/c1-30(2,31)23-16-24(39(38-23)17-8-4-3-5-9-17)35-29(41)34-20-12-13-21(19-11-7-6-10-18(19)20)42-22-14-15-33-27-25(22)36-26(32)28(40)37-27/h3-16H,1-2H3,(H2,32,36)(H,33,37,40)(H2,34,35,41). The number of rotatable bonds is 6. The minimum absolute atomic E-state index is 0.182. The van der Waals surface area contributed by atoms with E-state index in [1.54, 1.807) is 22.9 Å². The number of carbonyl (C=O) groups excluding carboxylic acids is 1. The fourth-order valence-electron chi connectivity index (χ4n) is 4.45. The summed E-state index contributed by atoms with van der Waals surface area (Å²) in [7, 11) is 0. The van der Waals surface area contributed by atoms with Crippen LogP contribution in [0.2, 0.25) is 0 Å². The van der Waals surface area contributed by atoms with Crippen LogP contribution in [0.25, 0.3) is 27.6 Å². The summed E-state index contributed by atoms with van der Waals surface area (Å²) in [5.74, 6) is 1.25. The van der Waals surface area contributed by atoms with Crippen molar-refractivity contribution in [1.82, 2.24) is 24.7 Å². The van der Waals surface area contributed by atoms with E-state index in [9.17, 15) is 9.59 Å². The molecule has 0 aliphatic heterocycles. The van der Waals surface area contributed by atoms with E-state index in [1.807, 2.05) is 60.7 Å². The number of pyridine rings is 1. The summed E-state index contributed by atoms with van der Waals surface area (Å²) in [6, 6.07) is 23.8. The zero-order chi connectivity index (χ0) is 29.4. The number of H-pyrrole nitrogens is 1. The smallest absolute Gasteiger partial charge is 0.324 e. The maximum Gasteiger partial charge on any atom is 0.324 e. The number of ether oxygens (including phenoxy) is 1. The lowest BCUT2D eigenvalue weighted by atomic mass is 10.1. The average molecular weight is 672 g/mol. The molecule has 6 rings (SSSR count). The monoisotopic (exact) mass is 672 g/mol. The Morgan fingerprint density at radius 1 is 0.976 bits per heavy atom. The van der Waals surface area contributed by atoms with Crippen molar-refractivity contribution in [2.75, 3.05) is 16.4 Å². The van der Waals surface area contributed by atoms with E-state index in [2.05, 4.69) is 62.0 Å². The van der Waals surface area contributed by atoms with Gasteiger partial charge < -0.3 is 20.8 Å². The zero-order valence-corrected chi connectivity index (χ0v) is 24.7. The molecule has 3 aromatic heterocycles. The van der Waals surface area contributed by atoms with E-state index in [0.717, 1.165) is 22.2 Å². The molecule has 0 aliphatic rings. The highest BCUT2D eigenvalue weighted by molar-refractivity contribution is 14.1. The molecule has 0 radical (unpaired) electrons. The quantitative estimate of drug-likeness (QED) is 0.119. The van der Waals surface area contributed by atoms with Crippen LogP contribution in [0.4, 0.5) is 22.1 Å². The van der Waals surface area contributed by atoms with Crippen molar-refractivity contribution in [3.05, 3.63) is 101 Å². The second-order valence-corrected chi connectivity index (χ2v) is 12.6. The van der Waals surface area contributed by atoms with Gasteiger partial charge in [-0.3, -0.25) is 10.1 Å². The Hall–Kier alpha value is -4.98. The molecule has 210 valence electrons. The minimum Gasteiger partial charge on any atom is -0.454 e. The molecule has 42 heavy (non-hydrogen) atoms. The highest BCUT2D eigenvalue weighted by atomic mass is 127. The molecule has 2 amide bonds. The molecule has 0 atom stereocenters. The number of carbonyl (C=O) groups is 1. The van der Waals surface area contributed by atoms with Gasteiger partial charge in [-0.25, -0.2) is 19.4 Å². The highest BCUT2D eigenvalue weighted by Crippen LogP contribution is 2.36. The molecule has 11 nitrogen and oxygen atoms in total. The van der Waals surface area contributed by atoms with Gasteiger partial charge in [-0.15, -0.1) is 0 Å². The number of urea groups is 1. The summed E-state index contributed by atoms with van der Waals surface area (Å²) < 4.78 is 7.71. The molecule has 0 spiro atoms. The number of aromatic amines is 1. The Morgan fingerprint density at radius 3 is 2.48 bits per heavy atom. The Bertz CT molecular complexity index is 2020. The van der Waals surface area contributed by atoms with Crippen molar-refractivity contribution < 1.29 is 9.53 Å². The molecule has 0 saturated carbocycles. The molecule has 0 unspecified atom stereocenters. The second kappa shape index (κ2) is 10.8. The maximum atomic E-state index is 13.3. The largest absolute Gasteiger partial charge is 0.454 e. The number of fused-ring (bicyclic) bond motifs is 2. The van der Waals surface area contributed by atoms with Gasteiger partial charge >= 0.3 is 6.03 Å². The Labute approximate surface area is 253 Å². The van der Waals surface area contributed by atoms with Crippen LogP contribution in [-0.4, -0.2) is 30.8 Å². The SMILES string of the molecule is CC(C)(I)c1cc(NC(=O)Nc2ccc(Oc3ccnc4[nH]c(=O)c(N)nc34)c3ccccc23)n(-c2ccccc2)n1. The summed E-state index contributed by atoms with van der Waals surface area (Å²) in [6.45, 7) is 4.12. The van der Waals surface area contributed by atoms with Crippen molar-refractivity contribution >= 4 is 67.9 Å². The molecule has 3 heterocycles. The number of halogens is 1. The van der Waals surface area contributed by atoms with E-state index >= 15 is 0 Å². The van der Waals surface area contributed by atoms with Gasteiger partial charge in [-0.05, 0) is 38.1 Å². The number of para-hydroxylation sites is 1. The second-order valence-electron chi connectivity index (χ2n) is 9.93. The number of alkyl halides is 1. The van der Waals surface area contributed by atoms with Gasteiger partial charge in [0.25, 0.3) is 5.56 Å². The van der Waals surface area contributed by atoms with Crippen molar-refractivity contribution in [2.45, 2.75) is 17.3 Å². The minimum atomic E-state index is -0.521. The number of aromatic nitrogens is 5. The van der Waals surface area contributed by atoms with Crippen LogP contribution >= 0.6 is 22.6 Å². The fraction of sp³-hybridized carbons (Fsp3) is 0.100. The van der Waals surface area contributed by atoms with Crippen LogP contribution in [0.1, 0.15) is 19.5 Å². The van der Waals surface area contributed by atoms with Crippen LogP contribution in [-0.2, 0) is 3.42 Å². The predicted molar refractivity (Wildman–Crippen MR) is 172 cm³/mol. The van der Waals surface area contributed by atoms with Crippen LogP contribution in [0.3, 0.4) is 0 Å². The van der Waals surface area contributed by atoms with Crippen LogP contribution in [0, 0.1) is 0 Å². The van der Waals surface area contributed by atoms with Crippen molar-refractivity contribution in [1.29, 1.82) is 0 Å². The molecule has 0 aliphatic carbocycles. The van der Waals surface area contributed by atoms with Gasteiger partial charge in [0.1, 0.15) is 11.6 Å². The first-order valence-corrected chi connectivity index (χ1v) is 14.0. The summed E-state index contributed by atoms with van der Waals surface area (Å²) >= 11 is 2.33. The van der Waals surface area contributed by atoms with Gasteiger partial charge in [-0.2, -0.15) is 5.10 Å². The summed E-state index contributed by atoms with van der Waals surface area (Å²) in [5.41, 5.74) is 8.04. The van der Waals surface area contributed by atoms with Gasteiger partial charge in [0.05, 0.1) is 20.5 Å². The number of nitrogen functional groups attached to an aromatic ring is 1. The van der Waals surface area contributed by atoms with E-state index in [4.69, 9.17) is 15.6 Å². The fourth-order valence-corrected chi connectivity index (χ4v) is 4.71.